The number of amides is 1. The fourth-order valence-electron chi connectivity index (χ4n) is 2.29. The molecule has 0 aliphatic carbocycles. The molecule has 0 atom stereocenters. The minimum atomic E-state index is 0.0603. The minimum absolute atomic E-state index is 0.0603. The molecule has 4 heteroatoms. The quantitative estimate of drug-likeness (QED) is 0.634. The van der Waals surface area contributed by atoms with Crippen molar-refractivity contribution in [2.45, 2.75) is 6.92 Å². The lowest BCUT2D eigenvalue weighted by atomic mass is 10.1. The Morgan fingerprint density at radius 1 is 1.37 bits per heavy atom. The summed E-state index contributed by atoms with van der Waals surface area (Å²) in [7, 11) is 0. The Bertz CT molecular complexity index is 511. The number of piperazine rings is 1. The van der Waals surface area contributed by atoms with Crippen molar-refractivity contribution < 1.29 is 4.79 Å². The summed E-state index contributed by atoms with van der Waals surface area (Å²) in [6, 6.07) is 5.48. The standard InChI is InChI=1S/C15H19N3O/c1-3-7-17-8-10-18(11-9-17)15(19)13-5-4-6-14(16)12(13)2/h1,4-6H,7-11,16H2,2H3. The average molecular weight is 257 g/mol. The van der Waals surface area contributed by atoms with Gasteiger partial charge in [-0.2, -0.15) is 0 Å². The molecule has 0 unspecified atom stereocenters. The number of rotatable bonds is 2. The number of hydrogen-bond acceptors (Lipinski definition) is 3. The van der Waals surface area contributed by atoms with Crippen molar-refractivity contribution in [3.63, 3.8) is 0 Å². The topological polar surface area (TPSA) is 49.6 Å². The zero-order valence-electron chi connectivity index (χ0n) is 11.2. The highest BCUT2D eigenvalue weighted by molar-refractivity contribution is 5.97. The number of nitrogen functional groups attached to an aromatic ring is 1. The Kier molecular flexibility index (Phi) is 4.08. The number of carbonyl (C=O) groups excluding carboxylic acids is 1. The number of anilines is 1. The first-order valence-corrected chi connectivity index (χ1v) is 6.43. The van der Waals surface area contributed by atoms with Crippen LogP contribution in [0.2, 0.25) is 0 Å². The molecule has 1 saturated heterocycles. The third-order valence-corrected chi connectivity index (χ3v) is 3.58. The zero-order valence-corrected chi connectivity index (χ0v) is 11.2. The van der Waals surface area contributed by atoms with Crippen molar-refractivity contribution in [2.24, 2.45) is 0 Å². The van der Waals surface area contributed by atoms with Crippen molar-refractivity contribution in [3.8, 4) is 12.3 Å². The van der Waals surface area contributed by atoms with E-state index in [4.69, 9.17) is 12.2 Å². The summed E-state index contributed by atoms with van der Waals surface area (Å²) >= 11 is 0. The third-order valence-electron chi connectivity index (χ3n) is 3.58. The Labute approximate surface area is 114 Å². The van der Waals surface area contributed by atoms with Gasteiger partial charge in [0.1, 0.15) is 0 Å². The zero-order chi connectivity index (χ0) is 13.8. The maximum Gasteiger partial charge on any atom is 0.254 e. The van der Waals surface area contributed by atoms with E-state index in [9.17, 15) is 4.79 Å². The Morgan fingerprint density at radius 3 is 2.68 bits per heavy atom. The molecule has 2 N–H and O–H groups in total. The van der Waals surface area contributed by atoms with Gasteiger partial charge in [-0.1, -0.05) is 12.0 Å². The Hall–Kier alpha value is -1.99. The maximum atomic E-state index is 12.4. The Balaban J connectivity index is 2.06. The molecule has 100 valence electrons. The molecular formula is C15H19N3O. The average Bonchev–Trinajstić information content (AvgIpc) is 2.42. The number of nitrogens with two attached hydrogens (primary N) is 1. The monoisotopic (exact) mass is 257 g/mol. The highest BCUT2D eigenvalue weighted by atomic mass is 16.2. The number of nitrogens with zero attached hydrogens (tertiary/aromatic N) is 2. The lowest BCUT2D eigenvalue weighted by molar-refractivity contribution is 0.0651. The van der Waals surface area contributed by atoms with Crippen LogP contribution in [0.25, 0.3) is 0 Å². The van der Waals surface area contributed by atoms with E-state index in [2.05, 4.69) is 10.8 Å². The molecule has 0 spiro atoms. The van der Waals surface area contributed by atoms with E-state index >= 15 is 0 Å². The van der Waals surface area contributed by atoms with Crippen molar-refractivity contribution in [3.05, 3.63) is 29.3 Å². The molecule has 0 aromatic heterocycles. The van der Waals surface area contributed by atoms with Gasteiger partial charge in [0.25, 0.3) is 5.91 Å². The summed E-state index contributed by atoms with van der Waals surface area (Å²) in [6.45, 7) is 5.63. The molecule has 1 fully saturated rings. The van der Waals surface area contributed by atoms with E-state index in [0.29, 0.717) is 17.8 Å². The van der Waals surface area contributed by atoms with Gasteiger partial charge in [0.15, 0.2) is 0 Å². The van der Waals surface area contributed by atoms with E-state index < -0.39 is 0 Å². The van der Waals surface area contributed by atoms with E-state index in [0.717, 1.165) is 31.7 Å². The smallest absolute Gasteiger partial charge is 0.254 e. The van der Waals surface area contributed by atoms with Gasteiger partial charge in [-0.25, -0.2) is 0 Å². The molecule has 1 aromatic rings. The normalized spacial score (nSPS) is 16.1. The van der Waals surface area contributed by atoms with Crippen molar-refractivity contribution in [1.82, 2.24) is 9.80 Å². The van der Waals surface area contributed by atoms with Crippen LogP contribution in [-0.4, -0.2) is 48.4 Å². The van der Waals surface area contributed by atoms with E-state index in [-0.39, 0.29) is 5.91 Å². The molecular weight excluding hydrogens is 238 g/mol. The van der Waals surface area contributed by atoms with E-state index in [1.165, 1.54) is 0 Å². The van der Waals surface area contributed by atoms with Crippen LogP contribution >= 0.6 is 0 Å². The molecule has 1 heterocycles. The summed E-state index contributed by atoms with van der Waals surface area (Å²) in [5, 5.41) is 0. The third kappa shape index (κ3) is 2.88. The van der Waals surface area contributed by atoms with Gasteiger partial charge in [0.2, 0.25) is 0 Å². The lowest BCUT2D eigenvalue weighted by Gasteiger charge is -2.34. The molecule has 1 aliphatic heterocycles. The summed E-state index contributed by atoms with van der Waals surface area (Å²) in [6.07, 6.45) is 5.30. The van der Waals surface area contributed by atoms with Crippen LogP contribution in [0, 0.1) is 19.3 Å². The molecule has 2 rings (SSSR count). The summed E-state index contributed by atoms with van der Waals surface area (Å²) < 4.78 is 0. The number of benzene rings is 1. The molecule has 1 amide bonds. The fraction of sp³-hybridized carbons (Fsp3) is 0.400. The van der Waals surface area contributed by atoms with Gasteiger partial charge in [0.05, 0.1) is 6.54 Å². The summed E-state index contributed by atoms with van der Waals surface area (Å²) in [5.74, 6) is 2.70. The molecule has 1 aromatic carbocycles. The van der Waals surface area contributed by atoms with Gasteiger partial charge in [-0.05, 0) is 24.6 Å². The maximum absolute atomic E-state index is 12.4. The van der Waals surface area contributed by atoms with Gasteiger partial charge in [-0.3, -0.25) is 9.69 Å². The number of hydrogen-bond donors (Lipinski definition) is 1. The molecule has 4 nitrogen and oxygen atoms in total. The summed E-state index contributed by atoms with van der Waals surface area (Å²) in [4.78, 5) is 16.5. The first kappa shape index (κ1) is 13.4. The van der Waals surface area contributed by atoms with Crippen LogP contribution in [0.15, 0.2) is 18.2 Å². The minimum Gasteiger partial charge on any atom is -0.398 e. The second-order valence-corrected chi connectivity index (χ2v) is 4.79. The van der Waals surface area contributed by atoms with Crippen LogP contribution in [0.5, 0.6) is 0 Å². The highest BCUT2D eigenvalue weighted by Crippen LogP contribution is 2.18. The van der Waals surface area contributed by atoms with Crippen LogP contribution in [0.3, 0.4) is 0 Å². The predicted molar refractivity (Wildman–Crippen MR) is 76.8 cm³/mol. The number of carbonyl (C=O) groups is 1. The first-order chi connectivity index (χ1) is 9.13. The lowest BCUT2D eigenvalue weighted by Crippen LogP contribution is -2.48. The van der Waals surface area contributed by atoms with Crippen LogP contribution in [0.1, 0.15) is 15.9 Å². The molecule has 0 saturated carbocycles. The van der Waals surface area contributed by atoms with Crippen molar-refractivity contribution >= 4 is 11.6 Å². The van der Waals surface area contributed by atoms with Crippen molar-refractivity contribution in [2.75, 3.05) is 38.5 Å². The van der Waals surface area contributed by atoms with Crippen LogP contribution in [-0.2, 0) is 0 Å². The van der Waals surface area contributed by atoms with Gasteiger partial charge in [-0.15, -0.1) is 6.42 Å². The highest BCUT2D eigenvalue weighted by Gasteiger charge is 2.22. The predicted octanol–water partition coefficient (Wildman–Crippen LogP) is 0.968. The van der Waals surface area contributed by atoms with Crippen LogP contribution in [0.4, 0.5) is 5.69 Å². The molecule has 0 bridgehead atoms. The SMILES string of the molecule is C#CCN1CCN(C(=O)c2cccc(N)c2C)CC1. The fourth-order valence-corrected chi connectivity index (χ4v) is 2.29. The van der Waals surface area contributed by atoms with E-state index in [1.807, 2.05) is 30.0 Å². The Morgan fingerprint density at radius 2 is 2.05 bits per heavy atom. The van der Waals surface area contributed by atoms with Crippen LogP contribution < -0.4 is 5.73 Å². The van der Waals surface area contributed by atoms with Gasteiger partial charge in [0, 0.05) is 37.4 Å². The van der Waals surface area contributed by atoms with Gasteiger partial charge >= 0.3 is 0 Å². The molecule has 19 heavy (non-hydrogen) atoms. The second kappa shape index (κ2) is 5.77. The summed E-state index contributed by atoms with van der Waals surface area (Å²) in [5.41, 5.74) is 8.07. The second-order valence-electron chi connectivity index (χ2n) is 4.79. The van der Waals surface area contributed by atoms with Crippen molar-refractivity contribution in [1.29, 1.82) is 0 Å². The number of terminal acetylenes is 1. The molecule has 1 aliphatic rings. The van der Waals surface area contributed by atoms with Gasteiger partial charge < -0.3 is 10.6 Å². The molecule has 0 radical (unpaired) electrons. The first-order valence-electron chi connectivity index (χ1n) is 6.43. The van der Waals surface area contributed by atoms with E-state index in [1.54, 1.807) is 0 Å². The largest absolute Gasteiger partial charge is 0.398 e.